The van der Waals surface area contributed by atoms with E-state index in [0.29, 0.717) is 21.9 Å². The van der Waals surface area contributed by atoms with Gasteiger partial charge in [0.2, 0.25) is 4.80 Å². The largest absolute Gasteiger partial charge is 0.497 e. The predicted molar refractivity (Wildman–Crippen MR) is 120 cm³/mol. The van der Waals surface area contributed by atoms with E-state index in [9.17, 15) is 17.6 Å². The van der Waals surface area contributed by atoms with Gasteiger partial charge in [0, 0.05) is 16.5 Å². The Hall–Kier alpha value is -3.72. The van der Waals surface area contributed by atoms with Gasteiger partial charge in [0.1, 0.15) is 11.6 Å². The number of aromatic nitrogens is 1. The number of hydrogen-bond donors (Lipinski definition) is 0. The van der Waals surface area contributed by atoms with Crippen molar-refractivity contribution in [1.82, 2.24) is 4.68 Å². The lowest BCUT2D eigenvalue weighted by atomic mass is 10.1. The van der Waals surface area contributed by atoms with Crippen molar-refractivity contribution in [1.29, 1.82) is 0 Å². The maximum Gasteiger partial charge on any atom is 0.417 e. The fourth-order valence-electron chi connectivity index (χ4n) is 3.06. The average molecular weight is 471 g/mol. The van der Waals surface area contributed by atoms with Crippen molar-refractivity contribution in [2.45, 2.75) is 6.18 Å². The summed E-state index contributed by atoms with van der Waals surface area (Å²) in [5.41, 5.74) is 1.03. The second kappa shape index (κ2) is 9.41. The Kier molecular flexibility index (Phi) is 6.41. The molecule has 0 radical (unpaired) electrons. The summed E-state index contributed by atoms with van der Waals surface area (Å²) in [6, 6.07) is 18.0. The lowest BCUT2D eigenvalue weighted by Crippen LogP contribution is -2.13. The maximum absolute atomic E-state index is 13.4. The first kappa shape index (κ1) is 22.5. The van der Waals surface area contributed by atoms with Crippen LogP contribution in [0.5, 0.6) is 5.75 Å². The number of thiazole rings is 1. The highest BCUT2D eigenvalue weighted by molar-refractivity contribution is 7.07. The molecule has 1 heterocycles. The molecule has 33 heavy (non-hydrogen) atoms. The van der Waals surface area contributed by atoms with E-state index in [1.807, 2.05) is 12.1 Å². The quantitative estimate of drug-likeness (QED) is 0.242. The molecule has 4 aromatic rings. The van der Waals surface area contributed by atoms with Crippen LogP contribution in [-0.4, -0.2) is 18.0 Å². The summed E-state index contributed by atoms with van der Waals surface area (Å²) in [7, 11) is 1.56. The zero-order chi connectivity index (χ0) is 23.4. The highest BCUT2D eigenvalue weighted by Gasteiger charge is 2.32. The number of benzene rings is 3. The van der Waals surface area contributed by atoms with Crippen molar-refractivity contribution < 1.29 is 22.3 Å². The Balaban J connectivity index is 1.84. The Labute approximate surface area is 190 Å². The molecule has 4 nitrogen and oxygen atoms in total. The van der Waals surface area contributed by atoms with E-state index in [1.165, 1.54) is 58.5 Å². The molecule has 4 rings (SSSR count). The van der Waals surface area contributed by atoms with E-state index in [1.54, 1.807) is 24.6 Å². The summed E-state index contributed by atoms with van der Waals surface area (Å²) in [6.45, 7) is 0. The molecular weight excluding hydrogens is 454 g/mol. The van der Waals surface area contributed by atoms with E-state index in [-0.39, 0.29) is 5.56 Å². The van der Waals surface area contributed by atoms with Crippen LogP contribution in [0.1, 0.15) is 11.1 Å². The minimum absolute atomic E-state index is 0.0721. The van der Waals surface area contributed by atoms with Gasteiger partial charge in [-0.1, -0.05) is 18.2 Å². The van der Waals surface area contributed by atoms with Gasteiger partial charge in [0.25, 0.3) is 0 Å². The van der Waals surface area contributed by atoms with Crippen molar-refractivity contribution in [3.8, 4) is 17.0 Å². The molecule has 0 spiro atoms. The number of rotatable bonds is 5. The number of ether oxygens (including phenoxy) is 1. The van der Waals surface area contributed by atoms with Crippen LogP contribution >= 0.6 is 11.3 Å². The summed E-state index contributed by atoms with van der Waals surface area (Å²) >= 11 is 1.26. The van der Waals surface area contributed by atoms with Crippen LogP contribution in [0.4, 0.5) is 23.2 Å². The van der Waals surface area contributed by atoms with Crippen LogP contribution in [0.15, 0.2) is 88.3 Å². The van der Waals surface area contributed by atoms with Gasteiger partial charge in [-0.3, -0.25) is 0 Å². The molecule has 0 aliphatic heterocycles. The number of alkyl halides is 3. The van der Waals surface area contributed by atoms with Gasteiger partial charge >= 0.3 is 6.18 Å². The molecule has 168 valence electrons. The van der Waals surface area contributed by atoms with Gasteiger partial charge in [0.05, 0.1) is 30.3 Å². The molecule has 3 aromatic carbocycles. The molecule has 0 fully saturated rings. The molecule has 0 aliphatic rings. The zero-order valence-electron chi connectivity index (χ0n) is 17.3. The van der Waals surface area contributed by atoms with Gasteiger partial charge in [-0.15, -0.1) is 11.3 Å². The van der Waals surface area contributed by atoms with Gasteiger partial charge in [-0.25, -0.2) is 14.1 Å². The highest BCUT2D eigenvalue weighted by Crippen LogP contribution is 2.31. The van der Waals surface area contributed by atoms with Gasteiger partial charge in [-0.2, -0.15) is 18.3 Å². The lowest BCUT2D eigenvalue weighted by Gasteiger charge is -2.09. The monoisotopic (exact) mass is 471 g/mol. The first-order valence-corrected chi connectivity index (χ1v) is 10.6. The Morgan fingerprint density at radius 2 is 1.64 bits per heavy atom. The number of halogens is 4. The molecule has 9 heteroatoms. The third-order valence-electron chi connectivity index (χ3n) is 4.70. The third kappa shape index (κ3) is 5.20. The Morgan fingerprint density at radius 3 is 2.30 bits per heavy atom. The van der Waals surface area contributed by atoms with Crippen molar-refractivity contribution in [3.05, 3.63) is 99.9 Å². The van der Waals surface area contributed by atoms with Crippen molar-refractivity contribution in [2.75, 3.05) is 7.11 Å². The summed E-state index contributed by atoms with van der Waals surface area (Å²) < 4.78 is 60.1. The highest BCUT2D eigenvalue weighted by atomic mass is 32.1. The van der Waals surface area contributed by atoms with Crippen molar-refractivity contribution in [2.24, 2.45) is 10.1 Å². The fraction of sp³-hybridized carbons (Fsp3) is 0.0833. The van der Waals surface area contributed by atoms with E-state index >= 15 is 0 Å². The normalized spacial score (nSPS) is 12.5. The summed E-state index contributed by atoms with van der Waals surface area (Å²) in [5, 5.41) is 6.15. The molecule has 0 amide bonds. The summed E-state index contributed by atoms with van der Waals surface area (Å²) in [4.78, 5) is 4.91. The van der Waals surface area contributed by atoms with Crippen molar-refractivity contribution >= 4 is 23.2 Å². The molecule has 0 bridgehead atoms. The van der Waals surface area contributed by atoms with Crippen LogP contribution < -0.4 is 9.54 Å². The SMILES string of the molecule is COc1ccc(-c2csc(=Nc3ccc(F)cc3)n2N=Cc2ccccc2C(F)(F)F)cc1. The maximum atomic E-state index is 13.4. The number of hydrogen-bond acceptors (Lipinski definition) is 4. The molecule has 0 N–H and O–H groups in total. The molecule has 1 aromatic heterocycles. The molecule has 0 saturated carbocycles. The van der Waals surface area contributed by atoms with Gasteiger partial charge in [0.15, 0.2) is 0 Å². The van der Waals surface area contributed by atoms with Crippen molar-refractivity contribution in [3.63, 3.8) is 0 Å². The topological polar surface area (TPSA) is 38.9 Å². The van der Waals surface area contributed by atoms with Crippen LogP contribution in [-0.2, 0) is 6.18 Å². The molecule has 0 atom stereocenters. The molecule has 0 saturated heterocycles. The molecule has 0 aliphatic carbocycles. The van der Waals surface area contributed by atoms with Crippen LogP contribution in [0.3, 0.4) is 0 Å². The predicted octanol–water partition coefficient (Wildman–Crippen LogP) is 6.50. The van der Waals surface area contributed by atoms with E-state index in [4.69, 9.17) is 4.74 Å². The van der Waals surface area contributed by atoms with Gasteiger partial charge < -0.3 is 4.74 Å². The second-order valence-corrected chi connectivity index (χ2v) is 7.70. The fourth-order valence-corrected chi connectivity index (χ4v) is 3.92. The number of nitrogens with zero attached hydrogens (tertiary/aromatic N) is 3. The standard InChI is InChI=1S/C24H17F4N3OS/c1-32-20-12-6-16(7-13-20)22-15-33-23(30-19-10-8-18(25)9-11-19)31(22)29-14-17-4-2-3-5-21(17)24(26,27)28/h2-15H,1H3. The van der Waals surface area contributed by atoms with Crippen LogP contribution in [0.25, 0.3) is 11.3 Å². The van der Waals surface area contributed by atoms with Gasteiger partial charge in [-0.05, 0) is 54.6 Å². The van der Waals surface area contributed by atoms with E-state index in [0.717, 1.165) is 17.8 Å². The summed E-state index contributed by atoms with van der Waals surface area (Å²) in [6.07, 6.45) is -3.35. The van der Waals surface area contributed by atoms with E-state index in [2.05, 4.69) is 10.1 Å². The first-order chi connectivity index (χ1) is 15.8. The van der Waals surface area contributed by atoms with E-state index < -0.39 is 17.6 Å². The number of methoxy groups -OCH3 is 1. The van der Waals surface area contributed by atoms with Crippen LogP contribution in [0, 0.1) is 5.82 Å². The molecular formula is C24H17F4N3OS. The Bertz CT molecular complexity index is 1340. The average Bonchev–Trinajstić information content (AvgIpc) is 3.21. The lowest BCUT2D eigenvalue weighted by molar-refractivity contribution is -0.137. The first-order valence-electron chi connectivity index (χ1n) is 9.71. The minimum atomic E-state index is -4.51. The minimum Gasteiger partial charge on any atom is -0.497 e. The second-order valence-electron chi connectivity index (χ2n) is 6.86. The van der Waals surface area contributed by atoms with Crippen LogP contribution in [0.2, 0.25) is 0 Å². The molecule has 0 unspecified atom stereocenters. The summed E-state index contributed by atoms with van der Waals surface area (Å²) in [5.74, 6) is 0.271. The smallest absolute Gasteiger partial charge is 0.417 e. The third-order valence-corrected chi connectivity index (χ3v) is 5.52. The zero-order valence-corrected chi connectivity index (χ0v) is 18.1. The Morgan fingerprint density at radius 1 is 0.939 bits per heavy atom.